The van der Waals surface area contributed by atoms with E-state index in [-0.39, 0.29) is 5.91 Å². The Morgan fingerprint density at radius 2 is 1.87 bits per heavy atom. The minimum atomic E-state index is -0.917. The monoisotopic (exact) mass is 462 g/mol. The molecule has 0 radical (unpaired) electrons. The second-order valence-corrected chi connectivity index (χ2v) is 8.76. The maximum atomic E-state index is 13.7. The van der Waals surface area contributed by atoms with Gasteiger partial charge in [-0.25, -0.2) is 8.78 Å². The van der Waals surface area contributed by atoms with Crippen LogP contribution in [0, 0.1) is 11.6 Å². The highest BCUT2D eigenvalue weighted by Gasteiger charge is 2.23. The summed E-state index contributed by atoms with van der Waals surface area (Å²) in [5, 5.41) is 2.59. The fraction of sp³-hybridized carbons (Fsp3) is 0.273. The fourth-order valence-corrected chi connectivity index (χ4v) is 4.35. The molecule has 2 aromatic carbocycles. The molecular weight excluding hydrogens is 442 g/mol. The van der Waals surface area contributed by atoms with Crippen molar-refractivity contribution >= 4 is 40.3 Å². The van der Waals surface area contributed by atoms with Gasteiger partial charge in [-0.15, -0.1) is 0 Å². The number of nitrogens with one attached hydrogen (secondary N) is 1. The summed E-state index contributed by atoms with van der Waals surface area (Å²) in [6.07, 6.45) is 1.70. The van der Waals surface area contributed by atoms with E-state index in [2.05, 4.69) is 10.2 Å². The van der Waals surface area contributed by atoms with E-state index in [1.807, 2.05) is 0 Å². The van der Waals surface area contributed by atoms with Gasteiger partial charge in [0.15, 0.2) is 11.6 Å². The number of halogens is 2. The summed E-state index contributed by atoms with van der Waals surface area (Å²) in [7, 11) is 0. The number of hydrogen-bond donors (Lipinski definition) is 1. The largest absolute Gasteiger partial charge is 0.492 e. The third kappa shape index (κ3) is 5.48. The van der Waals surface area contributed by atoms with Gasteiger partial charge in [0.1, 0.15) is 16.7 Å². The predicted molar refractivity (Wildman–Crippen MR) is 121 cm³/mol. The smallest absolute Gasteiger partial charge is 0.263 e. The molecule has 2 aromatic rings. The number of nitrogens with zero attached hydrogens (tertiary/aromatic N) is 1. The predicted octanol–water partition coefficient (Wildman–Crippen LogP) is 3.83. The van der Waals surface area contributed by atoms with Crippen LogP contribution in [0.3, 0.4) is 0 Å². The van der Waals surface area contributed by atoms with Gasteiger partial charge < -0.3 is 14.8 Å². The molecule has 0 saturated carbocycles. The summed E-state index contributed by atoms with van der Waals surface area (Å²) in [5.74, 6) is -1.49. The van der Waals surface area contributed by atoms with Crippen LogP contribution in [0.1, 0.15) is 5.56 Å². The average Bonchev–Trinajstić information content (AvgIpc) is 3.08. The number of morpholine rings is 1. The van der Waals surface area contributed by atoms with Crippen molar-refractivity contribution < 1.29 is 23.0 Å². The first-order valence-electron chi connectivity index (χ1n) is 9.77. The van der Waals surface area contributed by atoms with Crippen LogP contribution in [0.5, 0.6) is 5.75 Å². The number of carbonyl (C=O) groups is 1. The molecule has 31 heavy (non-hydrogen) atoms. The van der Waals surface area contributed by atoms with Crippen LogP contribution < -0.4 is 10.1 Å². The van der Waals surface area contributed by atoms with Crippen molar-refractivity contribution in [3.8, 4) is 16.9 Å². The van der Waals surface area contributed by atoms with Crippen LogP contribution in [-0.2, 0) is 9.53 Å². The Balaban J connectivity index is 1.60. The van der Waals surface area contributed by atoms with Gasteiger partial charge in [-0.05, 0) is 41.5 Å². The molecule has 1 amide bonds. The van der Waals surface area contributed by atoms with Crippen molar-refractivity contribution in [1.29, 1.82) is 0 Å². The standard InChI is InChI=1S/C22H20F2N2O3S2/c23-17-3-1-15(12-18(17)24)14-2-4-19(29-10-7-26-5-8-28-9-6-26)16(11-14)13-20-21(27)25-22(30)31-20/h1-4,11-13H,5-10H2,(H,25,27,30)/b20-13-. The highest BCUT2D eigenvalue weighted by Crippen LogP contribution is 2.33. The van der Waals surface area contributed by atoms with Gasteiger partial charge in [-0.3, -0.25) is 9.69 Å². The lowest BCUT2D eigenvalue weighted by atomic mass is 10.0. The van der Waals surface area contributed by atoms with E-state index in [1.54, 1.807) is 24.3 Å². The van der Waals surface area contributed by atoms with Crippen molar-refractivity contribution in [2.24, 2.45) is 0 Å². The molecule has 2 fully saturated rings. The molecule has 4 rings (SSSR count). The number of ether oxygens (including phenoxy) is 2. The van der Waals surface area contributed by atoms with E-state index in [9.17, 15) is 13.6 Å². The second kappa shape index (κ2) is 9.86. The summed E-state index contributed by atoms with van der Waals surface area (Å²) < 4.78 is 38.8. The second-order valence-electron chi connectivity index (χ2n) is 7.04. The fourth-order valence-electron chi connectivity index (χ4n) is 3.32. The van der Waals surface area contributed by atoms with E-state index in [1.165, 1.54) is 17.8 Å². The van der Waals surface area contributed by atoms with Crippen LogP contribution in [-0.4, -0.2) is 54.6 Å². The van der Waals surface area contributed by atoms with Crippen molar-refractivity contribution in [2.75, 3.05) is 39.5 Å². The van der Waals surface area contributed by atoms with Crippen LogP contribution >= 0.6 is 24.0 Å². The molecule has 0 atom stereocenters. The average molecular weight is 463 g/mol. The van der Waals surface area contributed by atoms with Gasteiger partial charge >= 0.3 is 0 Å². The molecule has 1 N–H and O–H groups in total. The third-order valence-corrected chi connectivity index (χ3v) is 6.12. The first-order chi connectivity index (χ1) is 15.0. The van der Waals surface area contributed by atoms with Crippen LogP contribution in [0.25, 0.3) is 17.2 Å². The minimum Gasteiger partial charge on any atom is -0.492 e. The molecule has 9 heteroatoms. The Hall–Kier alpha value is -2.33. The van der Waals surface area contributed by atoms with Gasteiger partial charge in [0, 0.05) is 25.2 Å². The zero-order chi connectivity index (χ0) is 21.8. The number of thioether (sulfide) groups is 1. The Kier molecular flexibility index (Phi) is 6.96. The Morgan fingerprint density at radius 1 is 1.13 bits per heavy atom. The summed E-state index contributed by atoms with van der Waals surface area (Å²) >= 11 is 6.23. The highest BCUT2D eigenvalue weighted by molar-refractivity contribution is 8.26. The molecule has 2 aliphatic rings. The van der Waals surface area contributed by atoms with E-state index in [0.717, 1.165) is 31.8 Å². The summed E-state index contributed by atoms with van der Waals surface area (Å²) in [6, 6.07) is 9.10. The lowest BCUT2D eigenvalue weighted by molar-refractivity contribution is -0.115. The molecule has 5 nitrogen and oxygen atoms in total. The number of hydrogen-bond acceptors (Lipinski definition) is 6. The Morgan fingerprint density at radius 3 is 2.58 bits per heavy atom. The summed E-state index contributed by atoms with van der Waals surface area (Å²) in [5.41, 5.74) is 1.86. The van der Waals surface area contributed by atoms with Crippen molar-refractivity contribution in [3.63, 3.8) is 0 Å². The molecule has 0 unspecified atom stereocenters. The quantitative estimate of drug-likeness (QED) is 0.520. The highest BCUT2D eigenvalue weighted by atomic mass is 32.2. The number of amides is 1. The van der Waals surface area contributed by atoms with Gasteiger partial charge in [-0.2, -0.15) is 0 Å². The molecule has 2 aliphatic heterocycles. The van der Waals surface area contributed by atoms with Gasteiger partial charge in [0.05, 0.1) is 18.1 Å². The number of rotatable bonds is 6. The van der Waals surface area contributed by atoms with Crippen molar-refractivity contribution in [3.05, 3.63) is 58.5 Å². The maximum absolute atomic E-state index is 13.7. The van der Waals surface area contributed by atoms with Gasteiger partial charge in [0.25, 0.3) is 5.91 Å². The first-order valence-corrected chi connectivity index (χ1v) is 11.0. The van der Waals surface area contributed by atoms with Gasteiger partial charge in [-0.1, -0.05) is 36.1 Å². The molecule has 0 aliphatic carbocycles. The summed E-state index contributed by atoms with van der Waals surface area (Å²) in [4.78, 5) is 14.8. The molecule has 2 heterocycles. The van der Waals surface area contributed by atoms with Crippen LogP contribution in [0.15, 0.2) is 41.3 Å². The van der Waals surface area contributed by atoms with Crippen molar-refractivity contribution in [2.45, 2.75) is 0 Å². The zero-order valence-electron chi connectivity index (χ0n) is 16.5. The Bertz CT molecular complexity index is 1040. The molecule has 0 bridgehead atoms. The maximum Gasteiger partial charge on any atom is 0.263 e. The molecule has 2 saturated heterocycles. The Labute approximate surface area is 188 Å². The van der Waals surface area contributed by atoms with Crippen molar-refractivity contribution in [1.82, 2.24) is 10.2 Å². The number of carbonyl (C=O) groups excluding carboxylic acids is 1. The minimum absolute atomic E-state index is 0.271. The molecule has 162 valence electrons. The lowest BCUT2D eigenvalue weighted by Crippen LogP contribution is -2.38. The third-order valence-electron chi connectivity index (χ3n) is 4.96. The zero-order valence-corrected chi connectivity index (χ0v) is 18.2. The SMILES string of the molecule is O=C1NC(=S)S/C1=C\c1cc(-c2ccc(F)c(F)c2)ccc1OCCN1CCOCC1. The first kappa shape index (κ1) is 21.9. The van der Waals surface area contributed by atoms with E-state index >= 15 is 0 Å². The van der Waals surface area contributed by atoms with Crippen LogP contribution in [0.4, 0.5) is 8.78 Å². The topological polar surface area (TPSA) is 50.8 Å². The van der Waals surface area contributed by atoms with E-state index < -0.39 is 11.6 Å². The molecular formula is C22H20F2N2O3S2. The lowest BCUT2D eigenvalue weighted by Gasteiger charge is -2.26. The normalized spacial score (nSPS) is 18.5. The summed E-state index contributed by atoms with van der Waals surface area (Å²) in [6.45, 7) is 4.38. The van der Waals surface area contributed by atoms with Gasteiger partial charge in [0.2, 0.25) is 0 Å². The molecule has 0 spiro atoms. The van der Waals surface area contributed by atoms with E-state index in [4.69, 9.17) is 21.7 Å². The number of thiocarbonyl (C=S) groups is 1. The number of benzene rings is 2. The van der Waals surface area contributed by atoms with E-state index in [0.29, 0.717) is 51.5 Å². The molecule has 0 aromatic heterocycles. The van der Waals surface area contributed by atoms with Crippen LogP contribution in [0.2, 0.25) is 0 Å².